The molecule has 2 unspecified atom stereocenters. The van der Waals surface area contributed by atoms with Gasteiger partial charge in [0.15, 0.2) is 0 Å². The fourth-order valence-corrected chi connectivity index (χ4v) is 5.23. The average molecular weight is 504 g/mol. The number of nitrogens with zero attached hydrogens (tertiary/aromatic N) is 2. The first-order chi connectivity index (χ1) is 16.2. The number of aliphatic hydroxyl groups excluding tert-OH is 2. The van der Waals surface area contributed by atoms with Gasteiger partial charge in [-0.2, -0.15) is 8.42 Å². The van der Waals surface area contributed by atoms with Gasteiger partial charge in [-0.25, -0.2) is 4.99 Å². The van der Waals surface area contributed by atoms with Crippen molar-refractivity contribution in [3.63, 3.8) is 0 Å². The van der Waals surface area contributed by atoms with E-state index in [2.05, 4.69) is 24.1 Å². The first-order valence-electron chi connectivity index (χ1n) is 13.1. The minimum absolute atomic E-state index is 0.0412. The van der Waals surface area contributed by atoms with Crippen LogP contribution in [0.5, 0.6) is 0 Å². The van der Waals surface area contributed by atoms with Crippen LogP contribution in [0.15, 0.2) is 17.1 Å². The van der Waals surface area contributed by atoms with Gasteiger partial charge in [0.05, 0.1) is 13.2 Å². The molecule has 8 nitrogen and oxygen atoms in total. The van der Waals surface area contributed by atoms with Gasteiger partial charge in [-0.15, -0.1) is 0 Å². The average Bonchev–Trinajstić information content (AvgIpc) is 3.15. The van der Waals surface area contributed by atoms with Gasteiger partial charge in [-0.1, -0.05) is 70.4 Å². The predicted molar refractivity (Wildman–Crippen MR) is 137 cm³/mol. The highest BCUT2D eigenvalue weighted by Crippen LogP contribution is 2.19. The normalized spacial score (nSPS) is 19.6. The monoisotopic (exact) mass is 503 g/mol. The summed E-state index contributed by atoms with van der Waals surface area (Å²) >= 11 is 0. The number of carbonyl (C=O) groups excluding carboxylic acids is 1. The molecule has 0 aliphatic carbocycles. The second-order valence-electron chi connectivity index (χ2n) is 9.51. The molecule has 0 saturated heterocycles. The van der Waals surface area contributed by atoms with E-state index in [1.165, 1.54) is 57.8 Å². The van der Waals surface area contributed by atoms with Crippen LogP contribution in [-0.4, -0.2) is 83.9 Å². The highest BCUT2D eigenvalue weighted by Gasteiger charge is 2.43. The maximum atomic E-state index is 12.8. The first kappa shape index (κ1) is 30.9. The van der Waals surface area contributed by atoms with Gasteiger partial charge in [0, 0.05) is 6.42 Å². The molecular formula is C25H47N2O6S+. The summed E-state index contributed by atoms with van der Waals surface area (Å²) in [6.45, 7) is 2.92. The van der Waals surface area contributed by atoms with Crippen molar-refractivity contribution < 1.29 is 32.5 Å². The third-order valence-corrected chi connectivity index (χ3v) is 7.20. The van der Waals surface area contributed by atoms with Crippen LogP contribution >= 0.6 is 0 Å². The van der Waals surface area contributed by atoms with E-state index in [-0.39, 0.29) is 30.0 Å². The minimum Gasteiger partial charge on any atom is -0.390 e. The van der Waals surface area contributed by atoms with Crippen molar-refractivity contribution >= 4 is 21.7 Å². The molecule has 2 atom stereocenters. The van der Waals surface area contributed by atoms with Gasteiger partial charge < -0.3 is 10.2 Å². The van der Waals surface area contributed by atoms with E-state index in [1.54, 1.807) is 0 Å². The Kier molecular flexibility index (Phi) is 15.7. The maximum absolute atomic E-state index is 12.8. The Morgan fingerprint density at radius 2 is 1.62 bits per heavy atom. The quantitative estimate of drug-likeness (QED) is 0.0950. The molecule has 34 heavy (non-hydrogen) atoms. The third-order valence-electron chi connectivity index (χ3n) is 6.40. The van der Waals surface area contributed by atoms with Crippen molar-refractivity contribution in [2.24, 2.45) is 4.99 Å². The van der Waals surface area contributed by atoms with Gasteiger partial charge in [0.1, 0.15) is 31.5 Å². The van der Waals surface area contributed by atoms with Gasteiger partial charge in [0.25, 0.3) is 16.0 Å². The molecule has 3 N–H and O–H groups in total. The number of amidine groups is 1. The molecule has 0 amide bonds. The smallest absolute Gasteiger partial charge is 0.267 e. The Morgan fingerprint density at radius 1 is 1.03 bits per heavy atom. The Hall–Kier alpha value is -1.13. The predicted octanol–water partition coefficient (Wildman–Crippen LogP) is 3.67. The SMILES string of the molecule is CCCCCCCCCCC/C=C/CCCC(=O)C1=NCC[N+]1(CCO)CC(O)CS(=O)(=O)O. The number of aliphatic hydroxyl groups is 2. The molecule has 198 valence electrons. The molecule has 0 radical (unpaired) electrons. The molecule has 1 rings (SSSR count). The van der Waals surface area contributed by atoms with E-state index in [4.69, 9.17) is 4.55 Å². The van der Waals surface area contributed by atoms with Crippen molar-refractivity contribution in [1.82, 2.24) is 0 Å². The minimum atomic E-state index is -4.34. The molecule has 0 bridgehead atoms. The summed E-state index contributed by atoms with van der Waals surface area (Å²) in [5.41, 5.74) is 0. The molecule has 0 aromatic carbocycles. The lowest BCUT2D eigenvalue weighted by molar-refractivity contribution is -0.837. The Bertz CT molecular complexity index is 738. The Balaban J connectivity index is 2.31. The fraction of sp³-hybridized carbons (Fsp3) is 0.840. The summed E-state index contributed by atoms with van der Waals surface area (Å²) in [6, 6.07) is 0. The number of allylic oxidation sites excluding steroid dienone is 2. The molecular weight excluding hydrogens is 456 g/mol. The van der Waals surface area contributed by atoms with Gasteiger partial charge in [-0.05, 0) is 25.7 Å². The van der Waals surface area contributed by atoms with Gasteiger partial charge in [0.2, 0.25) is 5.78 Å². The first-order valence-corrected chi connectivity index (χ1v) is 14.7. The summed E-state index contributed by atoms with van der Waals surface area (Å²) in [4.78, 5) is 17.1. The van der Waals surface area contributed by atoms with Crippen LogP contribution in [0.3, 0.4) is 0 Å². The zero-order valence-corrected chi connectivity index (χ0v) is 21.9. The molecule has 0 fully saturated rings. The number of quaternary nitrogens is 1. The van der Waals surface area contributed by atoms with Crippen molar-refractivity contribution in [1.29, 1.82) is 0 Å². The highest BCUT2D eigenvalue weighted by molar-refractivity contribution is 7.85. The lowest BCUT2D eigenvalue weighted by atomic mass is 10.1. The van der Waals surface area contributed by atoms with Crippen molar-refractivity contribution in [3.8, 4) is 0 Å². The largest absolute Gasteiger partial charge is 0.390 e. The van der Waals surface area contributed by atoms with Crippen LogP contribution in [0.2, 0.25) is 0 Å². The summed E-state index contributed by atoms with van der Waals surface area (Å²) in [6.07, 6.45) is 17.7. The van der Waals surface area contributed by atoms with Crippen LogP contribution < -0.4 is 0 Å². The zero-order chi connectivity index (χ0) is 25.3. The number of hydrogen-bond acceptors (Lipinski definition) is 6. The lowest BCUT2D eigenvalue weighted by Gasteiger charge is -2.34. The van der Waals surface area contributed by atoms with Crippen molar-refractivity contribution in [3.05, 3.63) is 12.2 Å². The Labute approximate surface area is 206 Å². The summed E-state index contributed by atoms with van der Waals surface area (Å²) in [5, 5.41) is 19.6. The van der Waals surface area contributed by atoms with Gasteiger partial charge >= 0.3 is 0 Å². The second kappa shape index (κ2) is 17.3. The van der Waals surface area contributed by atoms with Gasteiger partial charge in [-0.3, -0.25) is 13.8 Å². The summed E-state index contributed by atoms with van der Waals surface area (Å²) in [5.74, 6) is -0.636. The van der Waals surface area contributed by atoms with Crippen LogP contribution in [0.25, 0.3) is 0 Å². The van der Waals surface area contributed by atoms with E-state index in [0.717, 1.165) is 12.8 Å². The van der Waals surface area contributed by atoms with Crippen LogP contribution in [0.1, 0.15) is 90.4 Å². The number of Topliss-reactive ketones (excluding diaryl/α,β-unsaturated/α-hetero) is 1. The molecule has 1 aliphatic heterocycles. The molecule has 0 aromatic rings. The maximum Gasteiger partial charge on any atom is 0.267 e. The number of ketones is 1. The fourth-order valence-electron chi connectivity index (χ4n) is 4.63. The molecule has 1 aliphatic rings. The van der Waals surface area contributed by atoms with Crippen molar-refractivity contribution in [2.75, 3.05) is 38.5 Å². The molecule has 9 heteroatoms. The summed E-state index contributed by atoms with van der Waals surface area (Å²) < 4.78 is 31.1. The highest BCUT2D eigenvalue weighted by atomic mass is 32.2. The van der Waals surface area contributed by atoms with Crippen LogP contribution in [0, 0.1) is 0 Å². The van der Waals surface area contributed by atoms with Crippen molar-refractivity contribution in [2.45, 2.75) is 96.5 Å². The second-order valence-corrected chi connectivity index (χ2v) is 11.0. The molecule has 1 heterocycles. The van der Waals surface area contributed by atoms with Crippen LogP contribution in [0.4, 0.5) is 0 Å². The molecule has 0 saturated carbocycles. The number of unbranched alkanes of at least 4 members (excludes halogenated alkanes) is 10. The number of aliphatic imine (C=N–C) groups is 1. The zero-order valence-electron chi connectivity index (χ0n) is 21.0. The van der Waals surface area contributed by atoms with E-state index < -0.39 is 22.0 Å². The third kappa shape index (κ3) is 13.1. The van der Waals surface area contributed by atoms with E-state index in [0.29, 0.717) is 31.8 Å². The lowest BCUT2D eigenvalue weighted by Crippen LogP contribution is -2.59. The standard InChI is InChI=1S/C25H46N2O6S/c1-2-3-4-5-6-7-8-9-10-11-12-13-14-15-16-24(30)25-26-17-18-27(25,19-20-28)21-23(29)22-34(31,32)33/h12-13,23,28-29H,2-11,14-22H2,1H3/p+1/b13-12+. The number of carbonyl (C=O) groups is 1. The Morgan fingerprint density at radius 3 is 2.21 bits per heavy atom. The number of rotatable bonds is 21. The van der Waals surface area contributed by atoms with E-state index in [9.17, 15) is 23.4 Å². The molecule has 0 spiro atoms. The van der Waals surface area contributed by atoms with E-state index in [1.807, 2.05) is 0 Å². The topological polar surface area (TPSA) is 124 Å². The summed E-state index contributed by atoms with van der Waals surface area (Å²) in [7, 11) is -4.34. The number of hydrogen-bond donors (Lipinski definition) is 3. The van der Waals surface area contributed by atoms with E-state index >= 15 is 0 Å². The molecule has 0 aromatic heterocycles. The van der Waals surface area contributed by atoms with Crippen LogP contribution in [-0.2, 0) is 14.9 Å².